The second-order valence-electron chi connectivity index (χ2n) is 5.93. The summed E-state index contributed by atoms with van der Waals surface area (Å²) >= 11 is 0. The zero-order chi connectivity index (χ0) is 18.8. The van der Waals surface area contributed by atoms with Gasteiger partial charge in [0.15, 0.2) is 0 Å². The molecule has 5 nitrogen and oxygen atoms in total. The van der Waals surface area contributed by atoms with E-state index < -0.39 is 0 Å². The number of carbonyl (C=O) groups is 1. The first-order valence-electron chi connectivity index (χ1n) is 8.86. The zero-order valence-electron chi connectivity index (χ0n) is 15.7. The van der Waals surface area contributed by atoms with Crippen molar-refractivity contribution in [1.82, 2.24) is 5.32 Å². The van der Waals surface area contributed by atoms with Gasteiger partial charge >= 0.3 is 0 Å². The lowest BCUT2D eigenvalue weighted by Gasteiger charge is -2.18. The molecule has 1 N–H and O–H groups in total. The van der Waals surface area contributed by atoms with E-state index in [1.165, 1.54) is 0 Å². The van der Waals surface area contributed by atoms with Crippen molar-refractivity contribution in [3.8, 4) is 17.2 Å². The molecule has 0 radical (unpaired) electrons. The standard InChI is InChI=1S/C21H27NO4/c1-4-20(16-7-9-17(24-2)10-8-16)22-21(23)6-5-15-26-19-13-11-18(25-3)12-14-19/h7-14,20H,4-6,15H2,1-3H3,(H,22,23)/t20-/m1/s1. The minimum atomic E-state index is 0.0101. The van der Waals surface area contributed by atoms with Crippen LogP contribution in [0.25, 0.3) is 0 Å². The highest BCUT2D eigenvalue weighted by molar-refractivity contribution is 5.76. The second kappa shape index (κ2) is 10.3. The Morgan fingerprint density at radius 1 is 0.923 bits per heavy atom. The summed E-state index contributed by atoms with van der Waals surface area (Å²) in [7, 11) is 3.27. The van der Waals surface area contributed by atoms with Gasteiger partial charge in [0.05, 0.1) is 26.9 Å². The molecule has 0 aliphatic carbocycles. The van der Waals surface area contributed by atoms with Gasteiger partial charge in [0.1, 0.15) is 17.2 Å². The van der Waals surface area contributed by atoms with E-state index >= 15 is 0 Å². The minimum absolute atomic E-state index is 0.0101. The molecule has 1 amide bonds. The molecule has 5 heteroatoms. The summed E-state index contributed by atoms with van der Waals surface area (Å²) in [6.07, 6.45) is 1.93. The summed E-state index contributed by atoms with van der Waals surface area (Å²) in [5.41, 5.74) is 1.08. The Balaban J connectivity index is 1.73. The average molecular weight is 357 g/mol. The number of hydrogen-bond donors (Lipinski definition) is 1. The van der Waals surface area contributed by atoms with E-state index in [9.17, 15) is 4.79 Å². The van der Waals surface area contributed by atoms with Crippen molar-refractivity contribution in [3.63, 3.8) is 0 Å². The lowest BCUT2D eigenvalue weighted by molar-refractivity contribution is -0.122. The Bertz CT molecular complexity index is 667. The summed E-state index contributed by atoms with van der Waals surface area (Å²) in [5.74, 6) is 2.41. The predicted molar refractivity (Wildman–Crippen MR) is 102 cm³/mol. The molecule has 0 saturated carbocycles. The van der Waals surface area contributed by atoms with Crippen LogP contribution in [0, 0.1) is 0 Å². The van der Waals surface area contributed by atoms with Crippen LogP contribution in [0.1, 0.15) is 37.8 Å². The van der Waals surface area contributed by atoms with Crippen molar-refractivity contribution >= 4 is 5.91 Å². The zero-order valence-corrected chi connectivity index (χ0v) is 15.7. The number of benzene rings is 2. The van der Waals surface area contributed by atoms with E-state index in [4.69, 9.17) is 14.2 Å². The van der Waals surface area contributed by atoms with E-state index in [1.54, 1.807) is 14.2 Å². The number of methoxy groups -OCH3 is 2. The summed E-state index contributed by atoms with van der Waals surface area (Å²) < 4.78 is 15.9. The van der Waals surface area contributed by atoms with Crippen LogP contribution in [0.15, 0.2) is 48.5 Å². The largest absolute Gasteiger partial charge is 0.497 e. The smallest absolute Gasteiger partial charge is 0.220 e. The molecule has 2 rings (SSSR count). The maximum atomic E-state index is 12.2. The molecule has 0 aliphatic heterocycles. The number of amides is 1. The van der Waals surface area contributed by atoms with Crippen LogP contribution in [0.2, 0.25) is 0 Å². The molecular weight excluding hydrogens is 330 g/mol. The van der Waals surface area contributed by atoms with E-state index in [2.05, 4.69) is 12.2 Å². The highest BCUT2D eigenvalue weighted by Crippen LogP contribution is 2.20. The van der Waals surface area contributed by atoms with Crippen LogP contribution >= 0.6 is 0 Å². The fourth-order valence-electron chi connectivity index (χ4n) is 2.62. The van der Waals surface area contributed by atoms with Gasteiger partial charge in [-0.15, -0.1) is 0 Å². The number of hydrogen-bond acceptors (Lipinski definition) is 4. The quantitative estimate of drug-likeness (QED) is 0.650. The molecule has 1 atom stereocenters. The van der Waals surface area contributed by atoms with Crippen molar-refractivity contribution in [2.24, 2.45) is 0 Å². The number of nitrogens with one attached hydrogen (secondary N) is 1. The number of rotatable bonds is 10. The number of carbonyl (C=O) groups excluding carboxylic acids is 1. The van der Waals surface area contributed by atoms with E-state index in [0.717, 1.165) is 29.2 Å². The molecular formula is C21H27NO4. The lowest BCUT2D eigenvalue weighted by Crippen LogP contribution is -2.28. The van der Waals surface area contributed by atoms with Gasteiger partial charge in [0.2, 0.25) is 5.91 Å². The molecule has 0 spiro atoms. The molecule has 2 aromatic rings. The third-order valence-electron chi connectivity index (χ3n) is 4.14. The summed E-state index contributed by atoms with van der Waals surface area (Å²) in [5, 5.41) is 3.08. The Hall–Kier alpha value is -2.69. The van der Waals surface area contributed by atoms with Crippen molar-refractivity contribution < 1.29 is 19.0 Å². The van der Waals surface area contributed by atoms with Gasteiger partial charge in [-0.2, -0.15) is 0 Å². The van der Waals surface area contributed by atoms with Crippen LogP contribution in [0.4, 0.5) is 0 Å². The molecule has 2 aromatic carbocycles. The van der Waals surface area contributed by atoms with Crippen LogP contribution in [-0.4, -0.2) is 26.7 Å². The topological polar surface area (TPSA) is 56.8 Å². The first kappa shape index (κ1) is 19.6. The molecule has 0 heterocycles. The first-order valence-corrected chi connectivity index (χ1v) is 8.86. The third kappa shape index (κ3) is 5.99. The van der Waals surface area contributed by atoms with Crippen molar-refractivity contribution in [1.29, 1.82) is 0 Å². The van der Waals surface area contributed by atoms with Crippen molar-refractivity contribution in [2.75, 3.05) is 20.8 Å². The fraction of sp³-hybridized carbons (Fsp3) is 0.381. The van der Waals surface area contributed by atoms with Crippen LogP contribution in [0.3, 0.4) is 0 Å². The van der Waals surface area contributed by atoms with Crippen LogP contribution in [0.5, 0.6) is 17.2 Å². The average Bonchev–Trinajstić information content (AvgIpc) is 2.70. The molecule has 0 aliphatic rings. The highest BCUT2D eigenvalue weighted by atomic mass is 16.5. The van der Waals surface area contributed by atoms with Crippen LogP contribution in [-0.2, 0) is 4.79 Å². The van der Waals surface area contributed by atoms with Gasteiger partial charge in [-0.25, -0.2) is 0 Å². The second-order valence-corrected chi connectivity index (χ2v) is 5.93. The van der Waals surface area contributed by atoms with Crippen LogP contribution < -0.4 is 19.5 Å². The summed E-state index contributed by atoms with van der Waals surface area (Å²) in [6, 6.07) is 15.2. The van der Waals surface area contributed by atoms with Gasteiger partial charge in [-0.1, -0.05) is 19.1 Å². The maximum absolute atomic E-state index is 12.2. The van der Waals surface area contributed by atoms with Gasteiger partial charge in [-0.05, 0) is 54.8 Å². The molecule has 0 fully saturated rings. The Morgan fingerprint density at radius 2 is 1.46 bits per heavy atom. The molecule has 0 saturated heterocycles. The Morgan fingerprint density at radius 3 is 2.00 bits per heavy atom. The predicted octanol–water partition coefficient (Wildman–Crippen LogP) is 4.13. The van der Waals surface area contributed by atoms with Gasteiger partial charge in [0, 0.05) is 6.42 Å². The minimum Gasteiger partial charge on any atom is -0.497 e. The van der Waals surface area contributed by atoms with Crippen molar-refractivity contribution in [3.05, 3.63) is 54.1 Å². The monoisotopic (exact) mass is 357 g/mol. The summed E-state index contributed by atoms with van der Waals surface area (Å²) in [6.45, 7) is 2.56. The highest BCUT2D eigenvalue weighted by Gasteiger charge is 2.12. The first-order chi connectivity index (χ1) is 12.7. The number of ether oxygens (including phenoxy) is 3. The molecule has 26 heavy (non-hydrogen) atoms. The Labute approximate surface area is 155 Å². The molecule has 0 bridgehead atoms. The van der Waals surface area contributed by atoms with E-state index in [0.29, 0.717) is 19.4 Å². The summed E-state index contributed by atoms with van der Waals surface area (Å²) in [4.78, 5) is 12.2. The van der Waals surface area contributed by atoms with Gasteiger partial charge in [-0.3, -0.25) is 4.79 Å². The molecule has 0 aromatic heterocycles. The van der Waals surface area contributed by atoms with Crippen molar-refractivity contribution in [2.45, 2.75) is 32.2 Å². The van der Waals surface area contributed by atoms with E-state index in [-0.39, 0.29) is 11.9 Å². The Kier molecular flexibility index (Phi) is 7.80. The molecule has 0 unspecified atom stereocenters. The lowest BCUT2D eigenvalue weighted by atomic mass is 10.0. The molecule has 140 valence electrons. The van der Waals surface area contributed by atoms with Gasteiger partial charge in [0.25, 0.3) is 0 Å². The normalized spacial score (nSPS) is 11.5. The third-order valence-corrected chi connectivity index (χ3v) is 4.14. The maximum Gasteiger partial charge on any atom is 0.220 e. The fourth-order valence-corrected chi connectivity index (χ4v) is 2.62. The van der Waals surface area contributed by atoms with E-state index in [1.807, 2.05) is 48.5 Å². The SMILES string of the molecule is CC[C@@H](NC(=O)CCCOc1ccc(OC)cc1)c1ccc(OC)cc1. The van der Waals surface area contributed by atoms with Gasteiger partial charge < -0.3 is 19.5 Å².